The molecule has 1 aliphatic heterocycles. The maximum absolute atomic E-state index is 12.9. The second-order valence-electron chi connectivity index (χ2n) is 7.36. The second kappa shape index (κ2) is 9.74. The van der Waals surface area contributed by atoms with Crippen molar-refractivity contribution in [1.82, 2.24) is 4.90 Å². The molecule has 0 unspecified atom stereocenters. The summed E-state index contributed by atoms with van der Waals surface area (Å²) in [5.41, 5.74) is 4.42. The average Bonchev–Trinajstić information content (AvgIpc) is 2.99. The maximum atomic E-state index is 12.9. The molecule has 29 heavy (non-hydrogen) atoms. The summed E-state index contributed by atoms with van der Waals surface area (Å²) >= 11 is 1.52. The summed E-state index contributed by atoms with van der Waals surface area (Å²) in [5.74, 6) is 0.129. The van der Waals surface area contributed by atoms with Crippen molar-refractivity contribution in [3.8, 4) is 0 Å². The van der Waals surface area contributed by atoms with Crippen molar-refractivity contribution in [3.05, 3.63) is 65.2 Å². The van der Waals surface area contributed by atoms with Crippen molar-refractivity contribution in [2.45, 2.75) is 38.5 Å². The molecule has 1 atom stereocenters. The van der Waals surface area contributed by atoms with Crippen LogP contribution in [0.15, 0.2) is 58.7 Å². The van der Waals surface area contributed by atoms with Gasteiger partial charge in [-0.25, -0.2) is 0 Å². The molecule has 0 saturated carbocycles. The molecule has 0 aliphatic carbocycles. The van der Waals surface area contributed by atoms with Crippen molar-refractivity contribution in [1.29, 1.82) is 0 Å². The van der Waals surface area contributed by atoms with Crippen LogP contribution in [0.2, 0.25) is 0 Å². The van der Waals surface area contributed by atoms with E-state index in [-0.39, 0.29) is 11.2 Å². The topological polar surface area (TPSA) is 48.3 Å². The van der Waals surface area contributed by atoms with Crippen molar-refractivity contribution in [2.75, 3.05) is 19.0 Å². The maximum Gasteiger partial charge on any atom is 0.242 e. The molecule has 1 saturated heterocycles. The monoisotopic (exact) mass is 408 g/mol. The van der Waals surface area contributed by atoms with Crippen LogP contribution in [0.4, 0.5) is 5.69 Å². The standard InChI is InChI=1S/C23H28N4OS/c1-5-8-21-22(28)27(16-19-10-7-6-9-17(19)2)23(29-21)25-24-15-18-11-13-20(14-12-18)26(3)4/h6-7,9-15,21H,5,8,16H2,1-4H3/b24-15-,25-23+/t21-/m0/s1. The van der Waals surface area contributed by atoms with Gasteiger partial charge in [-0.1, -0.05) is 61.5 Å². The van der Waals surface area contributed by atoms with Gasteiger partial charge in [-0.05, 0) is 42.2 Å². The molecular formula is C23H28N4OS. The van der Waals surface area contributed by atoms with Crippen molar-refractivity contribution in [3.63, 3.8) is 0 Å². The van der Waals surface area contributed by atoms with Gasteiger partial charge in [0, 0.05) is 19.8 Å². The first kappa shape index (κ1) is 21.1. The Kier molecular flexibility index (Phi) is 7.09. The second-order valence-corrected chi connectivity index (χ2v) is 8.53. The van der Waals surface area contributed by atoms with E-state index in [0.717, 1.165) is 29.7 Å². The van der Waals surface area contributed by atoms with E-state index in [0.29, 0.717) is 11.7 Å². The van der Waals surface area contributed by atoms with E-state index in [2.05, 4.69) is 41.1 Å². The summed E-state index contributed by atoms with van der Waals surface area (Å²) in [6.45, 7) is 4.70. The van der Waals surface area contributed by atoms with Crippen molar-refractivity contribution >= 4 is 34.7 Å². The molecule has 3 rings (SSSR count). The summed E-state index contributed by atoms with van der Waals surface area (Å²) in [6.07, 6.45) is 3.55. The van der Waals surface area contributed by atoms with E-state index in [1.807, 2.05) is 50.5 Å². The predicted molar refractivity (Wildman–Crippen MR) is 124 cm³/mol. The molecule has 152 valence electrons. The van der Waals surface area contributed by atoms with Crippen LogP contribution in [0.1, 0.15) is 36.5 Å². The molecule has 2 aromatic rings. The molecule has 0 radical (unpaired) electrons. The molecule has 0 spiro atoms. The van der Waals surface area contributed by atoms with Crippen LogP contribution in [0, 0.1) is 6.92 Å². The van der Waals surface area contributed by atoms with Crippen molar-refractivity contribution < 1.29 is 4.79 Å². The van der Waals surface area contributed by atoms with Crippen LogP contribution < -0.4 is 4.90 Å². The van der Waals surface area contributed by atoms with E-state index >= 15 is 0 Å². The minimum Gasteiger partial charge on any atom is -0.378 e. The summed E-state index contributed by atoms with van der Waals surface area (Å²) in [4.78, 5) is 16.8. The highest BCUT2D eigenvalue weighted by atomic mass is 32.2. The number of amides is 1. The number of benzene rings is 2. The van der Waals surface area contributed by atoms with Gasteiger partial charge in [0.15, 0.2) is 5.17 Å². The molecule has 0 aromatic heterocycles. The Morgan fingerprint density at radius 1 is 1.14 bits per heavy atom. The van der Waals surface area contributed by atoms with Crippen LogP contribution in [0.5, 0.6) is 0 Å². The van der Waals surface area contributed by atoms with E-state index in [4.69, 9.17) is 0 Å². The minimum absolute atomic E-state index is 0.0719. The molecule has 0 N–H and O–H groups in total. The van der Waals surface area contributed by atoms with Gasteiger partial charge in [-0.3, -0.25) is 9.69 Å². The summed E-state index contributed by atoms with van der Waals surface area (Å²) in [7, 11) is 4.03. The number of hydrogen-bond acceptors (Lipinski definition) is 5. The van der Waals surface area contributed by atoms with Gasteiger partial charge in [0.2, 0.25) is 5.91 Å². The van der Waals surface area contributed by atoms with Crippen LogP contribution >= 0.6 is 11.8 Å². The number of carbonyl (C=O) groups excluding carboxylic acids is 1. The van der Waals surface area contributed by atoms with Crippen molar-refractivity contribution in [2.24, 2.45) is 10.2 Å². The lowest BCUT2D eigenvalue weighted by Crippen LogP contribution is -2.31. The van der Waals surface area contributed by atoms with E-state index in [1.54, 1.807) is 11.1 Å². The molecule has 1 aliphatic rings. The highest BCUT2D eigenvalue weighted by molar-refractivity contribution is 8.15. The Balaban J connectivity index is 1.79. The number of nitrogens with zero attached hydrogens (tertiary/aromatic N) is 4. The highest BCUT2D eigenvalue weighted by Crippen LogP contribution is 2.32. The molecule has 2 aromatic carbocycles. The lowest BCUT2D eigenvalue weighted by molar-refractivity contribution is -0.126. The third-order valence-electron chi connectivity index (χ3n) is 4.92. The zero-order valence-electron chi connectivity index (χ0n) is 17.5. The fraction of sp³-hybridized carbons (Fsp3) is 0.348. The Morgan fingerprint density at radius 3 is 2.52 bits per heavy atom. The van der Waals surface area contributed by atoms with Crippen LogP contribution in [-0.4, -0.2) is 41.5 Å². The van der Waals surface area contributed by atoms with E-state index in [9.17, 15) is 4.79 Å². The quantitative estimate of drug-likeness (QED) is 0.493. The Bertz CT molecular complexity index is 905. The molecule has 6 heteroatoms. The fourth-order valence-corrected chi connectivity index (χ4v) is 4.35. The zero-order valence-corrected chi connectivity index (χ0v) is 18.3. The molecule has 1 heterocycles. The lowest BCUT2D eigenvalue weighted by Gasteiger charge is -2.17. The third-order valence-corrected chi connectivity index (χ3v) is 6.15. The van der Waals surface area contributed by atoms with Crippen LogP contribution in [0.25, 0.3) is 0 Å². The molecule has 5 nitrogen and oxygen atoms in total. The number of anilines is 1. The Morgan fingerprint density at radius 2 is 1.86 bits per heavy atom. The van der Waals surface area contributed by atoms with Gasteiger partial charge < -0.3 is 4.90 Å². The summed E-state index contributed by atoms with van der Waals surface area (Å²) < 4.78 is 0. The van der Waals surface area contributed by atoms with E-state index < -0.39 is 0 Å². The first-order valence-electron chi connectivity index (χ1n) is 9.90. The Labute approximate surface area is 177 Å². The SMILES string of the molecule is CCC[C@@H]1S/C(=N/N=C\c2ccc(N(C)C)cc2)N(Cc2ccccc2C)C1=O. The minimum atomic E-state index is -0.0719. The number of rotatable bonds is 7. The van der Waals surface area contributed by atoms with Crippen LogP contribution in [-0.2, 0) is 11.3 Å². The lowest BCUT2D eigenvalue weighted by atomic mass is 10.1. The summed E-state index contributed by atoms with van der Waals surface area (Å²) in [5, 5.41) is 9.29. The zero-order chi connectivity index (χ0) is 20.8. The smallest absolute Gasteiger partial charge is 0.242 e. The number of amidine groups is 1. The number of thioether (sulfide) groups is 1. The van der Waals surface area contributed by atoms with Gasteiger partial charge in [0.25, 0.3) is 0 Å². The number of hydrogen-bond donors (Lipinski definition) is 0. The largest absolute Gasteiger partial charge is 0.378 e. The van der Waals surface area contributed by atoms with Gasteiger partial charge in [-0.2, -0.15) is 5.10 Å². The van der Waals surface area contributed by atoms with Crippen LogP contribution in [0.3, 0.4) is 0 Å². The molecule has 1 fully saturated rings. The first-order chi connectivity index (χ1) is 14.0. The highest BCUT2D eigenvalue weighted by Gasteiger charge is 2.37. The number of aryl methyl sites for hydroxylation is 1. The first-order valence-corrected chi connectivity index (χ1v) is 10.8. The fourth-order valence-electron chi connectivity index (χ4n) is 3.14. The predicted octanol–water partition coefficient (Wildman–Crippen LogP) is 4.70. The Hall–Kier alpha value is -2.60. The summed E-state index contributed by atoms with van der Waals surface area (Å²) in [6, 6.07) is 16.3. The molecule has 1 amide bonds. The van der Waals surface area contributed by atoms with Gasteiger partial charge in [-0.15, -0.1) is 5.10 Å². The molecule has 0 bridgehead atoms. The van der Waals surface area contributed by atoms with E-state index in [1.165, 1.54) is 17.3 Å². The average molecular weight is 409 g/mol. The normalized spacial score (nSPS) is 18.2. The third kappa shape index (κ3) is 5.26. The number of carbonyl (C=O) groups is 1. The molecular weight excluding hydrogens is 380 g/mol. The van der Waals surface area contributed by atoms with Gasteiger partial charge in [0.05, 0.1) is 18.0 Å². The van der Waals surface area contributed by atoms with Gasteiger partial charge >= 0.3 is 0 Å². The van der Waals surface area contributed by atoms with Gasteiger partial charge in [0.1, 0.15) is 0 Å².